The van der Waals surface area contributed by atoms with Crippen molar-refractivity contribution < 1.29 is 9.59 Å². The number of unbranched alkanes of at least 4 members (excludes halogenated alkanes) is 1. The van der Waals surface area contributed by atoms with E-state index in [0.717, 1.165) is 18.4 Å². The largest absolute Gasteiger partial charge is 0.354 e. The Kier molecular flexibility index (Phi) is 10.9. The Bertz CT molecular complexity index is 1170. The first-order valence-corrected chi connectivity index (χ1v) is 13.3. The second-order valence-electron chi connectivity index (χ2n) is 8.48. The number of carbonyl (C=O) groups excluding carboxylic acids is 2. The molecule has 0 fully saturated rings. The monoisotopic (exact) mass is 564 g/mol. The van der Waals surface area contributed by atoms with Gasteiger partial charge in [0.15, 0.2) is 0 Å². The van der Waals surface area contributed by atoms with E-state index in [-0.39, 0.29) is 24.8 Å². The highest BCUT2D eigenvalue weighted by atomic mass is 35.5. The molecule has 0 heterocycles. The van der Waals surface area contributed by atoms with Gasteiger partial charge < -0.3 is 10.2 Å². The Morgan fingerprint density at radius 2 is 1.58 bits per heavy atom. The molecule has 0 spiro atoms. The quantitative estimate of drug-likeness (QED) is 0.246. The SMILES string of the molecule is CCCCNC(=O)[C@@H](Cc1ccccc1)N(Cc1ccc(Cl)cc1Cl)C(=O)Cc1c(Cl)cccc1Cl. The van der Waals surface area contributed by atoms with Crippen molar-refractivity contribution in [3.05, 3.63) is 104 Å². The molecule has 190 valence electrons. The van der Waals surface area contributed by atoms with Crippen LogP contribution < -0.4 is 5.32 Å². The van der Waals surface area contributed by atoms with E-state index >= 15 is 0 Å². The molecule has 2 amide bonds. The van der Waals surface area contributed by atoms with Crippen LogP contribution in [0.2, 0.25) is 20.1 Å². The maximum atomic E-state index is 13.8. The summed E-state index contributed by atoms with van der Waals surface area (Å²) >= 11 is 25.3. The van der Waals surface area contributed by atoms with Crippen LogP contribution in [0.4, 0.5) is 0 Å². The summed E-state index contributed by atoms with van der Waals surface area (Å²) in [6.07, 6.45) is 2.07. The van der Waals surface area contributed by atoms with E-state index in [4.69, 9.17) is 46.4 Å². The minimum atomic E-state index is -0.773. The number of hydrogen-bond donors (Lipinski definition) is 1. The van der Waals surface area contributed by atoms with Gasteiger partial charge in [-0.15, -0.1) is 0 Å². The summed E-state index contributed by atoms with van der Waals surface area (Å²) in [7, 11) is 0. The molecule has 0 aliphatic carbocycles. The third-order valence-electron chi connectivity index (χ3n) is 5.85. The van der Waals surface area contributed by atoms with E-state index in [1.165, 1.54) is 0 Å². The van der Waals surface area contributed by atoms with Gasteiger partial charge in [-0.3, -0.25) is 9.59 Å². The predicted octanol–water partition coefficient (Wildman–Crippen LogP) is 7.40. The van der Waals surface area contributed by atoms with Gasteiger partial charge >= 0.3 is 0 Å². The van der Waals surface area contributed by atoms with Gasteiger partial charge in [0.1, 0.15) is 6.04 Å². The molecule has 3 aromatic rings. The van der Waals surface area contributed by atoms with Crippen LogP contribution in [-0.2, 0) is 29.0 Å². The van der Waals surface area contributed by atoms with Crippen LogP contribution in [0, 0.1) is 0 Å². The standard InChI is InChI=1S/C28H28Cl4N2O2/c1-2-3-14-33-28(36)26(15-19-8-5-4-6-9-19)34(18-20-12-13-21(29)16-25(20)32)27(35)17-22-23(30)10-7-11-24(22)31/h4-13,16,26H,2-3,14-15,17-18H2,1H3,(H,33,36)/t26-/m1/s1. The summed E-state index contributed by atoms with van der Waals surface area (Å²) in [5.74, 6) is -0.515. The third kappa shape index (κ3) is 7.88. The van der Waals surface area contributed by atoms with Crippen molar-refractivity contribution in [1.82, 2.24) is 10.2 Å². The lowest BCUT2D eigenvalue weighted by atomic mass is 10.0. The summed E-state index contributed by atoms with van der Waals surface area (Å²) in [6.45, 7) is 2.70. The summed E-state index contributed by atoms with van der Waals surface area (Å²) in [6, 6.07) is 19.0. The second kappa shape index (κ2) is 13.9. The molecule has 1 atom stereocenters. The smallest absolute Gasteiger partial charge is 0.243 e. The highest BCUT2D eigenvalue weighted by Crippen LogP contribution is 2.28. The highest BCUT2D eigenvalue weighted by Gasteiger charge is 2.31. The fourth-order valence-corrected chi connectivity index (χ4v) is 4.85. The van der Waals surface area contributed by atoms with Crippen molar-refractivity contribution >= 4 is 58.2 Å². The average Bonchev–Trinajstić information content (AvgIpc) is 2.85. The second-order valence-corrected chi connectivity index (χ2v) is 10.1. The lowest BCUT2D eigenvalue weighted by Crippen LogP contribution is -2.51. The third-order valence-corrected chi connectivity index (χ3v) is 7.14. The number of carbonyl (C=O) groups is 2. The number of benzene rings is 3. The number of halogens is 4. The Morgan fingerprint density at radius 3 is 2.22 bits per heavy atom. The lowest BCUT2D eigenvalue weighted by molar-refractivity contribution is -0.140. The van der Waals surface area contributed by atoms with Crippen molar-refractivity contribution in [1.29, 1.82) is 0 Å². The molecule has 0 aliphatic heterocycles. The Hall–Kier alpha value is -2.24. The van der Waals surface area contributed by atoms with Crippen molar-refractivity contribution in [2.45, 2.75) is 45.2 Å². The number of rotatable bonds is 11. The summed E-state index contributed by atoms with van der Waals surface area (Å²) in [4.78, 5) is 28.9. The van der Waals surface area contributed by atoms with Crippen LogP contribution in [0.3, 0.4) is 0 Å². The zero-order valence-corrected chi connectivity index (χ0v) is 23.0. The highest BCUT2D eigenvalue weighted by molar-refractivity contribution is 6.36. The summed E-state index contributed by atoms with van der Waals surface area (Å²) in [5.41, 5.74) is 2.13. The Balaban J connectivity index is 2.01. The van der Waals surface area contributed by atoms with Crippen LogP contribution in [0.25, 0.3) is 0 Å². The fourth-order valence-electron chi connectivity index (χ4n) is 3.85. The number of hydrogen-bond acceptors (Lipinski definition) is 2. The Morgan fingerprint density at radius 1 is 0.889 bits per heavy atom. The maximum Gasteiger partial charge on any atom is 0.243 e. The Labute approximate surface area is 232 Å². The zero-order chi connectivity index (χ0) is 26.1. The van der Waals surface area contributed by atoms with E-state index in [9.17, 15) is 9.59 Å². The van der Waals surface area contributed by atoms with Gasteiger partial charge in [-0.05, 0) is 47.4 Å². The van der Waals surface area contributed by atoms with Crippen molar-refractivity contribution in [2.24, 2.45) is 0 Å². The summed E-state index contributed by atoms with van der Waals surface area (Å²) < 4.78 is 0. The van der Waals surface area contributed by atoms with Gasteiger partial charge in [-0.2, -0.15) is 0 Å². The average molecular weight is 566 g/mol. The van der Waals surface area contributed by atoms with Crippen molar-refractivity contribution in [3.8, 4) is 0 Å². The first kappa shape index (κ1) is 28.3. The molecular weight excluding hydrogens is 538 g/mol. The lowest BCUT2D eigenvalue weighted by Gasteiger charge is -2.32. The molecule has 3 aromatic carbocycles. The van der Waals surface area contributed by atoms with Gasteiger partial charge in [0, 0.05) is 39.6 Å². The molecule has 0 aliphatic rings. The molecule has 0 radical (unpaired) electrons. The minimum absolute atomic E-state index is 0.0583. The van der Waals surface area contributed by atoms with Gasteiger partial charge in [0.25, 0.3) is 0 Å². The molecule has 0 unspecified atom stereocenters. The van der Waals surface area contributed by atoms with Gasteiger partial charge in [-0.25, -0.2) is 0 Å². The van der Waals surface area contributed by atoms with E-state index < -0.39 is 6.04 Å². The first-order valence-electron chi connectivity index (χ1n) is 11.8. The normalized spacial score (nSPS) is 11.7. The van der Waals surface area contributed by atoms with E-state index in [2.05, 4.69) is 12.2 Å². The van der Waals surface area contributed by atoms with E-state index in [1.54, 1.807) is 41.3 Å². The zero-order valence-electron chi connectivity index (χ0n) is 19.9. The van der Waals surface area contributed by atoms with Gasteiger partial charge in [0.2, 0.25) is 11.8 Å². The molecule has 36 heavy (non-hydrogen) atoms. The first-order chi connectivity index (χ1) is 17.3. The maximum absolute atomic E-state index is 13.8. The van der Waals surface area contributed by atoms with Crippen molar-refractivity contribution in [2.75, 3.05) is 6.54 Å². The molecule has 8 heteroatoms. The molecule has 4 nitrogen and oxygen atoms in total. The number of nitrogens with zero attached hydrogens (tertiary/aromatic N) is 1. The molecule has 0 saturated heterocycles. The van der Waals surface area contributed by atoms with Crippen LogP contribution in [-0.4, -0.2) is 29.3 Å². The topological polar surface area (TPSA) is 49.4 Å². The van der Waals surface area contributed by atoms with Crippen molar-refractivity contribution in [3.63, 3.8) is 0 Å². The van der Waals surface area contributed by atoms with E-state index in [1.807, 2.05) is 30.3 Å². The predicted molar refractivity (Wildman–Crippen MR) is 149 cm³/mol. The minimum Gasteiger partial charge on any atom is -0.354 e. The van der Waals surface area contributed by atoms with Gasteiger partial charge in [-0.1, -0.05) is 102 Å². The molecule has 0 aromatic heterocycles. The van der Waals surface area contributed by atoms with Crippen LogP contribution in [0.5, 0.6) is 0 Å². The fraction of sp³-hybridized carbons (Fsp3) is 0.286. The number of nitrogens with one attached hydrogen (secondary N) is 1. The number of amides is 2. The molecule has 3 rings (SSSR count). The van der Waals surface area contributed by atoms with E-state index in [0.29, 0.717) is 44.2 Å². The molecule has 0 saturated carbocycles. The van der Waals surface area contributed by atoms with Crippen LogP contribution in [0.15, 0.2) is 66.7 Å². The van der Waals surface area contributed by atoms with Gasteiger partial charge in [0.05, 0.1) is 6.42 Å². The molecule has 1 N–H and O–H groups in total. The molecule has 0 bridgehead atoms. The molecular formula is C28H28Cl4N2O2. The van der Waals surface area contributed by atoms with Crippen LogP contribution in [0.1, 0.15) is 36.5 Å². The van der Waals surface area contributed by atoms with Crippen LogP contribution >= 0.6 is 46.4 Å². The summed E-state index contributed by atoms with van der Waals surface area (Å²) in [5, 5.41) is 4.69.